The Morgan fingerprint density at radius 3 is 2.35 bits per heavy atom. The molecule has 0 bridgehead atoms. The summed E-state index contributed by atoms with van der Waals surface area (Å²) in [5, 5.41) is 6.48. The van der Waals surface area contributed by atoms with E-state index in [-0.39, 0.29) is 30.3 Å². The largest absolute Gasteiger partial charge is 0.356 e. The zero-order valence-electron chi connectivity index (χ0n) is 18.4. The summed E-state index contributed by atoms with van der Waals surface area (Å²) in [5.74, 6) is 0.771. The molecule has 1 aliphatic heterocycles. The normalized spacial score (nSPS) is 18.7. The van der Waals surface area contributed by atoms with Crippen LogP contribution in [0.4, 0.5) is 0 Å². The van der Waals surface area contributed by atoms with Gasteiger partial charge in [-0.1, -0.05) is 60.7 Å². The Bertz CT molecular complexity index is 899. The van der Waals surface area contributed by atoms with Crippen LogP contribution in [0.1, 0.15) is 23.6 Å². The van der Waals surface area contributed by atoms with Crippen LogP contribution in [0.25, 0.3) is 0 Å². The first-order chi connectivity index (χ1) is 15.0. The molecule has 0 aromatic heterocycles. The Morgan fingerprint density at radius 2 is 1.71 bits per heavy atom. The lowest BCUT2D eigenvalue weighted by Gasteiger charge is -2.26. The maximum atomic E-state index is 12.4. The van der Waals surface area contributed by atoms with E-state index in [1.807, 2.05) is 60.5 Å². The van der Waals surface area contributed by atoms with Gasteiger partial charge in [0.2, 0.25) is 11.8 Å². The summed E-state index contributed by atoms with van der Waals surface area (Å²) < 4.78 is 0. The number of benzene rings is 2. The topological polar surface area (TPSA) is 77.0 Å². The van der Waals surface area contributed by atoms with E-state index in [1.165, 1.54) is 4.90 Å². The fourth-order valence-electron chi connectivity index (χ4n) is 3.75. The van der Waals surface area contributed by atoms with Gasteiger partial charge in [-0.25, -0.2) is 4.99 Å². The molecule has 0 radical (unpaired) electrons. The standard InChI is InChI=1S/C24H31N5O2/c1-28(2)22(31)17-27-24(25-15-18-10-6-4-7-11-18)26-16-20-14-21(30)29(3)23(20)19-12-8-5-9-13-19/h4-13,20,23H,14-17H2,1-3H3,(H2,25,26,27). The number of likely N-dealkylation sites (tertiary alicyclic amines) is 1. The number of hydrogen-bond acceptors (Lipinski definition) is 3. The average Bonchev–Trinajstić information content (AvgIpc) is 3.07. The van der Waals surface area contributed by atoms with Crippen molar-refractivity contribution in [2.75, 3.05) is 34.2 Å². The third-order valence-corrected chi connectivity index (χ3v) is 5.54. The van der Waals surface area contributed by atoms with Crippen LogP contribution in [0.5, 0.6) is 0 Å². The van der Waals surface area contributed by atoms with Gasteiger partial charge in [-0.15, -0.1) is 0 Å². The molecule has 1 fully saturated rings. The Balaban J connectivity index is 1.70. The zero-order valence-corrected chi connectivity index (χ0v) is 18.4. The molecule has 2 aromatic rings. The summed E-state index contributed by atoms with van der Waals surface area (Å²) in [7, 11) is 5.31. The minimum absolute atomic E-state index is 0.0139. The highest BCUT2D eigenvalue weighted by Gasteiger charge is 2.38. The van der Waals surface area contributed by atoms with Crippen LogP contribution in [0.3, 0.4) is 0 Å². The van der Waals surface area contributed by atoms with Crippen LogP contribution in [0.2, 0.25) is 0 Å². The van der Waals surface area contributed by atoms with Crippen LogP contribution in [-0.4, -0.2) is 61.8 Å². The van der Waals surface area contributed by atoms with Crippen molar-refractivity contribution in [1.82, 2.24) is 20.4 Å². The lowest BCUT2D eigenvalue weighted by molar-refractivity contribution is -0.128. The number of nitrogens with zero attached hydrogens (tertiary/aromatic N) is 3. The Labute approximate surface area is 184 Å². The average molecular weight is 422 g/mol. The van der Waals surface area contributed by atoms with Crippen molar-refractivity contribution in [3.8, 4) is 0 Å². The van der Waals surface area contributed by atoms with Gasteiger partial charge >= 0.3 is 0 Å². The Hall–Kier alpha value is -3.35. The molecule has 0 aliphatic carbocycles. The van der Waals surface area contributed by atoms with Gasteiger partial charge in [-0.05, 0) is 11.1 Å². The molecule has 2 unspecified atom stereocenters. The smallest absolute Gasteiger partial charge is 0.241 e. The third kappa shape index (κ3) is 6.07. The summed E-state index contributed by atoms with van der Waals surface area (Å²) in [5.41, 5.74) is 2.21. The van der Waals surface area contributed by atoms with E-state index in [9.17, 15) is 9.59 Å². The molecule has 2 aromatic carbocycles. The number of nitrogens with one attached hydrogen (secondary N) is 2. The second kappa shape index (κ2) is 10.6. The van der Waals surface area contributed by atoms with Gasteiger partial charge in [0.25, 0.3) is 0 Å². The summed E-state index contributed by atoms with van der Waals surface area (Å²) in [6, 6.07) is 20.1. The molecule has 3 rings (SSSR count). The number of likely N-dealkylation sites (N-methyl/N-ethyl adjacent to an activating group) is 1. The number of hydrogen-bond donors (Lipinski definition) is 2. The Morgan fingerprint density at radius 1 is 1.06 bits per heavy atom. The predicted octanol–water partition coefficient (Wildman–Crippen LogP) is 2.03. The van der Waals surface area contributed by atoms with Crippen molar-refractivity contribution in [2.45, 2.75) is 19.0 Å². The van der Waals surface area contributed by atoms with Gasteiger partial charge in [-0.2, -0.15) is 0 Å². The molecule has 0 saturated carbocycles. The quantitative estimate of drug-likeness (QED) is 0.530. The molecule has 7 heteroatoms. The summed E-state index contributed by atoms with van der Waals surface area (Å²) >= 11 is 0. The minimum Gasteiger partial charge on any atom is -0.356 e. The van der Waals surface area contributed by atoms with Gasteiger partial charge in [0.1, 0.15) is 0 Å². The van der Waals surface area contributed by atoms with Gasteiger partial charge in [-0.3, -0.25) is 9.59 Å². The SMILES string of the molecule is CN(C)C(=O)CNC(=NCc1ccccc1)NCC1CC(=O)N(C)C1c1ccccc1. The maximum Gasteiger partial charge on any atom is 0.241 e. The van der Waals surface area contributed by atoms with Crippen LogP contribution >= 0.6 is 0 Å². The predicted molar refractivity (Wildman–Crippen MR) is 122 cm³/mol. The van der Waals surface area contributed by atoms with Crippen LogP contribution in [-0.2, 0) is 16.1 Å². The lowest BCUT2D eigenvalue weighted by atomic mass is 9.94. The molecule has 7 nitrogen and oxygen atoms in total. The van der Waals surface area contributed by atoms with Crippen molar-refractivity contribution in [3.63, 3.8) is 0 Å². The molecule has 1 aliphatic rings. The lowest BCUT2D eigenvalue weighted by Crippen LogP contribution is -2.44. The fourth-order valence-corrected chi connectivity index (χ4v) is 3.75. The molecular weight excluding hydrogens is 390 g/mol. The molecule has 1 saturated heterocycles. The number of guanidine groups is 1. The van der Waals surface area contributed by atoms with E-state index < -0.39 is 0 Å². The van der Waals surface area contributed by atoms with E-state index in [4.69, 9.17) is 0 Å². The first-order valence-electron chi connectivity index (χ1n) is 10.5. The van der Waals surface area contributed by atoms with Gasteiger partial charge < -0.3 is 20.4 Å². The Kier molecular flexibility index (Phi) is 7.65. The number of amides is 2. The van der Waals surface area contributed by atoms with Gasteiger partial charge in [0, 0.05) is 40.0 Å². The van der Waals surface area contributed by atoms with Crippen molar-refractivity contribution in [1.29, 1.82) is 0 Å². The summed E-state index contributed by atoms with van der Waals surface area (Å²) in [6.45, 7) is 1.23. The molecule has 2 atom stereocenters. The number of rotatable bonds is 7. The van der Waals surface area contributed by atoms with Gasteiger partial charge in [0.05, 0.1) is 19.1 Å². The fraction of sp³-hybridized carbons (Fsp3) is 0.375. The van der Waals surface area contributed by atoms with Crippen LogP contribution < -0.4 is 10.6 Å². The summed E-state index contributed by atoms with van der Waals surface area (Å²) in [4.78, 5) is 32.5. The second-order valence-electron chi connectivity index (χ2n) is 8.00. The maximum absolute atomic E-state index is 12.4. The monoisotopic (exact) mass is 421 g/mol. The highest BCUT2D eigenvalue weighted by molar-refractivity contribution is 5.86. The first kappa shape index (κ1) is 22.3. The van der Waals surface area contributed by atoms with E-state index in [1.54, 1.807) is 14.1 Å². The van der Waals surface area contributed by atoms with Crippen molar-refractivity contribution in [3.05, 3.63) is 71.8 Å². The molecule has 1 heterocycles. The summed E-state index contributed by atoms with van der Waals surface area (Å²) in [6.07, 6.45) is 0.478. The van der Waals surface area contributed by atoms with Crippen LogP contribution in [0, 0.1) is 5.92 Å². The number of aliphatic imine (C=N–C) groups is 1. The molecule has 0 spiro atoms. The molecule has 2 amide bonds. The second-order valence-corrected chi connectivity index (χ2v) is 8.00. The van der Waals surface area contributed by atoms with E-state index in [0.717, 1.165) is 11.1 Å². The highest BCUT2D eigenvalue weighted by Crippen LogP contribution is 2.36. The highest BCUT2D eigenvalue weighted by atomic mass is 16.2. The van der Waals surface area contributed by atoms with Crippen molar-refractivity contribution >= 4 is 17.8 Å². The van der Waals surface area contributed by atoms with E-state index >= 15 is 0 Å². The van der Waals surface area contributed by atoms with Crippen molar-refractivity contribution in [2.24, 2.45) is 10.9 Å². The number of carbonyl (C=O) groups excluding carboxylic acids is 2. The van der Waals surface area contributed by atoms with Crippen molar-refractivity contribution < 1.29 is 9.59 Å². The molecule has 164 valence electrons. The van der Waals surface area contributed by atoms with Gasteiger partial charge in [0.15, 0.2) is 5.96 Å². The van der Waals surface area contributed by atoms with E-state index in [0.29, 0.717) is 25.5 Å². The zero-order chi connectivity index (χ0) is 22.2. The van der Waals surface area contributed by atoms with E-state index in [2.05, 4.69) is 27.8 Å². The van der Waals surface area contributed by atoms with Crippen LogP contribution in [0.15, 0.2) is 65.7 Å². The third-order valence-electron chi connectivity index (χ3n) is 5.54. The minimum atomic E-state index is -0.0350. The molecule has 31 heavy (non-hydrogen) atoms. The first-order valence-corrected chi connectivity index (χ1v) is 10.5. The molecule has 2 N–H and O–H groups in total. The number of carbonyl (C=O) groups is 2. The molecular formula is C24H31N5O2.